The molecule has 0 aromatic heterocycles. The second-order valence-corrected chi connectivity index (χ2v) is 4.84. The Morgan fingerprint density at radius 2 is 2.11 bits per heavy atom. The Morgan fingerprint density at radius 1 is 1.39 bits per heavy atom. The van der Waals surface area contributed by atoms with E-state index >= 15 is 0 Å². The molecule has 0 spiro atoms. The van der Waals surface area contributed by atoms with Crippen LogP contribution in [0.2, 0.25) is 0 Å². The largest absolute Gasteiger partial charge is 0.496 e. The molecule has 0 atom stereocenters. The Balaban J connectivity index is 2.12. The summed E-state index contributed by atoms with van der Waals surface area (Å²) in [5.41, 5.74) is 1.73. The smallest absolute Gasteiger partial charge is 0.167 e. The van der Waals surface area contributed by atoms with E-state index in [9.17, 15) is 4.79 Å². The molecule has 1 aliphatic heterocycles. The number of ether oxygens (including phenoxy) is 2. The van der Waals surface area contributed by atoms with Gasteiger partial charge in [-0.1, -0.05) is 12.1 Å². The van der Waals surface area contributed by atoms with E-state index in [2.05, 4.69) is 0 Å². The first-order valence-corrected chi connectivity index (χ1v) is 6.47. The highest BCUT2D eigenvalue weighted by Gasteiger charge is 2.21. The molecule has 1 fully saturated rings. The quantitative estimate of drug-likeness (QED) is 0.768. The highest BCUT2D eigenvalue weighted by Crippen LogP contribution is 2.27. The molecular weight excluding hydrogens is 228 g/mol. The Kier molecular flexibility index (Phi) is 4.37. The van der Waals surface area contributed by atoms with Crippen LogP contribution in [0, 0.1) is 12.8 Å². The number of carbonyl (C=O) groups is 1. The maximum Gasteiger partial charge on any atom is 0.167 e. The van der Waals surface area contributed by atoms with Gasteiger partial charge < -0.3 is 9.47 Å². The first-order valence-electron chi connectivity index (χ1n) is 6.47. The molecule has 0 radical (unpaired) electrons. The first-order chi connectivity index (χ1) is 8.72. The van der Waals surface area contributed by atoms with E-state index in [1.807, 2.05) is 25.1 Å². The van der Waals surface area contributed by atoms with E-state index in [1.54, 1.807) is 7.11 Å². The Morgan fingerprint density at radius 3 is 2.78 bits per heavy atom. The third-order valence-corrected chi connectivity index (χ3v) is 3.55. The number of hydrogen-bond donors (Lipinski definition) is 0. The van der Waals surface area contributed by atoms with Crippen molar-refractivity contribution in [3.05, 3.63) is 29.3 Å². The van der Waals surface area contributed by atoms with Crippen molar-refractivity contribution in [2.24, 2.45) is 5.92 Å². The van der Waals surface area contributed by atoms with E-state index in [1.165, 1.54) is 0 Å². The van der Waals surface area contributed by atoms with Crippen molar-refractivity contribution in [3.63, 3.8) is 0 Å². The summed E-state index contributed by atoms with van der Waals surface area (Å²) in [6, 6.07) is 5.73. The van der Waals surface area contributed by atoms with Crippen molar-refractivity contribution in [2.75, 3.05) is 20.3 Å². The summed E-state index contributed by atoms with van der Waals surface area (Å²) in [5.74, 6) is 1.33. The number of methoxy groups -OCH3 is 1. The average Bonchev–Trinajstić information content (AvgIpc) is 2.39. The minimum absolute atomic E-state index is 0.192. The molecule has 1 heterocycles. The van der Waals surface area contributed by atoms with E-state index in [-0.39, 0.29) is 5.78 Å². The summed E-state index contributed by atoms with van der Waals surface area (Å²) in [6.45, 7) is 3.52. The van der Waals surface area contributed by atoms with E-state index in [4.69, 9.17) is 9.47 Å². The number of Topliss-reactive ketones (excluding diaryl/α,β-unsaturated/α-hetero) is 1. The second-order valence-electron chi connectivity index (χ2n) is 4.84. The number of aryl methyl sites for hydroxylation is 1. The molecule has 3 heteroatoms. The van der Waals surface area contributed by atoms with Gasteiger partial charge in [-0.05, 0) is 37.3 Å². The lowest BCUT2D eigenvalue weighted by molar-refractivity contribution is 0.0600. The third-order valence-electron chi connectivity index (χ3n) is 3.55. The minimum Gasteiger partial charge on any atom is -0.496 e. The van der Waals surface area contributed by atoms with Gasteiger partial charge in [0.05, 0.1) is 12.7 Å². The molecule has 0 aliphatic carbocycles. The molecule has 3 nitrogen and oxygen atoms in total. The Hall–Kier alpha value is -1.35. The summed E-state index contributed by atoms with van der Waals surface area (Å²) in [7, 11) is 1.61. The number of carbonyl (C=O) groups excluding carboxylic acids is 1. The van der Waals surface area contributed by atoms with Crippen molar-refractivity contribution >= 4 is 5.78 Å². The number of benzene rings is 1. The molecule has 0 N–H and O–H groups in total. The SMILES string of the molecule is COc1cccc(C)c1C(=O)CC1CCOCC1. The summed E-state index contributed by atoms with van der Waals surface area (Å²) >= 11 is 0. The fraction of sp³-hybridized carbons (Fsp3) is 0.533. The summed E-state index contributed by atoms with van der Waals surface area (Å²) in [6.07, 6.45) is 2.57. The van der Waals surface area contributed by atoms with Crippen molar-refractivity contribution in [1.82, 2.24) is 0 Å². The Labute approximate surface area is 108 Å². The zero-order valence-electron chi connectivity index (χ0n) is 11.1. The van der Waals surface area contributed by atoms with Gasteiger partial charge >= 0.3 is 0 Å². The van der Waals surface area contributed by atoms with Gasteiger partial charge in [0.15, 0.2) is 5.78 Å². The minimum atomic E-state index is 0.192. The number of hydrogen-bond acceptors (Lipinski definition) is 3. The molecule has 1 aliphatic rings. The van der Waals surface area contributed by atoms with Crippen LogP contribution in [0.3, 0.4) is 0 Å². The van der Waals surface area contributed by atoms with Crippen molar-refractivity contribution < 1.29 is 14.3 Å². The topological polar surface area (TPSA) is 35.5 Å². The highest BCUT2D eigenvalue weighted by molar-refractivity contribution is 6.00. The summed E-state index contributed by atoms with van der Waals surface area (Å²) < 4.78 is 10.6. The molecule has 2 rings (SSSR count). The standard InChI is InChI=1S/C15H20O3/c1-11-4-3-5-14(17-2)15(11)13(16)10-12-6-8-18-9-7-12/h3-5,12H,6-10H2,1-2H3. The van der Waals surface area contributed by atoms with Crippen molar-refractivity contribution in [1.29, 1.82) is 0 Å². The van der Waals surface area contributed by atoms with Gasteiger partial charge in [0, 0.05) is 19.6 Å². The van der Waals surface area contributed by atoms with E-state index < -0.39 is 0 Å². The second kappa shape index (κ2) is 6.01. The lowest BCUT2D eigenvalue weighted by atomic mass is 9.90. The van der Waals surface area contributed by atoms with Crippen LogP contribution in [0.25, 0.3) is 0 Å². The maximum atomic E-state index is 12.4. The molecule has 0 saturated carbocycles. The first kappa shape index (κ1) is 13.1. The molecule has 1 saturated heterocycles. The van der Waals surface area contributed by atoms with Crippen LogP contribution in [-0.2, 0) is 4.74 Å². The summed E-state index contributed by atoms with van der Waals surface area (Å²) in [5, 5.41) is 0. The van der Waals surface area contributed by atoms with Gasteiger partial charge in [-0.15, -0.1) is 0 Å². The molecule has 0 amide bonds. The molecule has 0 bridgehead atoms. The van der Waals surface area contributed by atoms with Gasteiger partial charge in [-0.3, -0.25) is 4.79 Å². The molecule has 98 valence electrons. The zero-order chi connectivity index (χ0) is 13.0. The predicted molar refractivity (Wildman–Crippen MR) is 70.2 cm³/mol. The van der Waals surface area contributed by atoms with Crippen LogP contribution in [0.15, 0.2) is 18.2 Å². The summed E-state index contributed by atoms with van der Waals surface area (Å²) in [4.78, 5) is 12.4. The van der Waals surface area contributed by atoms with Crippen LogP contribution in [0.4, 0.5) is 0 Å². The van der Waals surface area contributed by atoms with Gasteiger partial charge in [0.25, 0.3) is 0 Å². The zero-order valence-corrected chi connectivity index (χ0v) is 11.1. The molecule has 18 heavy (non-hydrogen) atoms. The van der Waals surface area contributed by atoms with Gasteiger partial charge in [0.2, 0.25) is 0 Å². The van der Waals surface area contributed by atoms with Crippen LogP contribution in [0.1, 0.15) is 35.2 Å². The van der Waals surface area contributed by atoms with Crippen LogP contribution >= 0.6 is 0 Å². The van der Waals surface area contributed by atoms with Crippen LogP contribution in [0.5, 0.6) is 5.75 Å². The Bertz CT molecular complexity index is 420. The monoisotopic (exact) mass is 248 g/mol. The van der Waals surface area contributed by atoms with Gasteiger partial charge in [0.1, 0.15) is 5.75 Å². The van der Waals surface area contributed by atoms with Crippen molar-refractivity contribution in [3.8, 4) is 5.75 Å². The fourth-order valence-corrected chi connectivity index (χ4v) is 2.48. The lowest BCUT2D eigenvalue weighted by Gasteiger charge is -2.22. The van der Waals surface area contributed by atoms with Crippen LogP contribution in [-0.4, -0.2) is 26.1 Å². The van der Waals surface area contributed by atoms with Gasteiger partial charge in [-0.2, -0.15) is 0 Å². The fourth-order valence-electron chi connectivity index (χ4n) is 2.48. The van der Waals surface area contributed by atoms with Gasteiger partial charge in [-0.25, -0.2) is 0 Å². The maximum absolute atomic E-state index is 12.4. The van der Waals surface area contributed by atoms with E-state index in [0.717, 1.165) is 37.2 Å². The highest BCUT2D eigenvalue weighted by atomic mass is 16.5. The lowest BCUT2D eigenvalue weighted by Crippen LogP contribution is -2.19. The third kappa shape index (κ3) is 2.91. The van der Waals surface area contributed by atoms with Crippen LogP contribution < -0.4 is 4.74 Å². The predicted octanol–water partition coefficient (Wildman–Crippen LogP) is 3.00. The molecule has 1 aromatic carbocycles. The van der Waals surface area contributed by atoms with E-state index in [0.29, 0.717) is 18.1 Å². The molecule has 0 unspecified atom stereocenters. The number of rotatable bonds is 4. The molecular formula is C15H20O3. The average molecular weight is 248 g/mol. The van der Waals surface area contributed by atoms with Crippen molar-refractivity contribution in [2.45, 2.75) is 26.2 Å². The normalized spacial score (nSPS) is 16.6. The number of ketones is 1. The molecule has 1 aromatic rings.